The summed E-state index contributed by atoms with van der Waals surface area (Å²) in [4.78, 5) is 21.1. The molecular weight excluding hydrogens is 364 g/mol. The summed E-state index contributed by atoms with van der Waals surface area (Å²) >= 11 is 0. The summed E-state index contributed by atoms with van der Waals surface area (Å²) in [6.45, 7) is 16.5. The highest BCUT2D eigenvalue weighted by Gasteiger charge is 2.18. The Labute approximate surface area is 175 Å². The second-order valence-electron chi connectivity index (χ2n) is 8.70. The summed E-state index contributed by atoms with van der Waals surface area (Å²) in [5.41, 5.74) is 3.87. The quantitative estimate of drug-likeness (QED) is 0.497. The maximum absolute atomic E-state index is 11.9. The normalized spacial score (nSPS) is 15.9. The van der Waals surface area contributed by atoms with Gasteiger partial charge in [-0.25, -0.2) is 0 Å². The average molecular weight is 403 g/mol. The largest absolute Gasteiger partial charge is 0.369 e. The van der Waals surface area contributed by atoms with Crippen LogP contribution in [0.15, 0.2) is 23.2 Å². The van der Waals surface area contributed by atoms with Gasteiger partial charge in [0.25, 0.3) is 0 Å². The fourth-order valence-electron chi connectivity index (χ4n) is 3.47. The van der Waals surface area contributed by atoms with Gasteiger partial charge in [0.05, 0.1) is 6.54 Å². The van der Waals surface area contributed by atoms with Crippen molar-refractivity contribution in [3.8, 4) is 0 Å². The van der Waals surface area contributed by atoms with E-state index in [0.717, 1.165) is 39.3 Å². The van der Waals surface area contributed by atoms with Crippen molar-refractivity contribution in [1.29, 1.82) is 0 Å². The summed E-state index contributed by atoms with van der Waals surface area (Å²) < 4.78 is 0. The molecule has 0 aromatic heterocycles. The molecule has 0 spiro atoms. The van der Waals surface area contributed by atoms with E-state index in [9.17, 15) is 4.79 Å². The maximum atomic E-state index is 11.9. The third-order valence-corrected chi connectivity index (χ3v) is 5.16. The lowest BCUT2D eigenvalue weighted by Crippen LogP contribution is -2.51. The zero-order chi connectivity index (χ0) is 21.4. The Morgan fingerprint density at radius 3 is 2.41 bits per heavy atom. The SMILES string of the molecule is CN=C(NCCN1CCN(c2cccc(C)c2C)CC1)NCC(=O)NC(C)(C)C. The molecule has 0 unspecified atom stereocenters. The molecule has 3 N–H and O–H groups in total. The predicted octanol–water partition coefficient (Wildman–Crippen LogP) is 1.51. The molecule has 7 heteroatoms. The summed E-state index contributed by atoms with van der Waals surface area (Å²) in [6.07, 6.45) is 0. The maximum Gasteiger partial charge on any atom is 0.239 e. The number of nitrogens with one attached hydrogen (secondary N) is 3. The van der Waals surface area contributed by atoms with Crippen molar-refractivity contribution >= 4 is 17.6 Å². The van der Waals surface area contributed by atoms with Crippen LogP contribution in [0.25, 0.3) is 0 Å². The van der Waals surface area contributed by atoms with E-state index >= 15 is 0 Å². The Kier molecular flexibility index (Phi) is 8.32. The number of anilines is 1. The van der Waals surface area contributed by atoms with Gasteiger partial charge in [-0.1, -0.05) is 12.1 Å². The monoisotopic (exact) mass is 402 g/mol. The number of aliphatic imine (C=N–C) groups is 1. The first kappa shape index (κ1) is 23.0. The fraction of sp³-hybridized carbons (Fsp3) is 0.636. The van der Waals surface area contributed by atoms with Crippen LogP contribution >= 0.6 is 0 Å². The summed E-state index contributed by atoms with van der Waals surface area (Å²) in [7, 11) is 1.72. The summed E-state index contributed by atoms with van der Waals surface area (Å²) in [6, 6.07) is 6.55. The molecule has 29 heavy (non-hydrogen) atoms. The van der Waals surface area contributed by atoms with Gasteiger partial charge in [-0.15, -0.1) is 0 Å². The van der Waals surface area contributed by atoms with Gasteiger partial charge in [-0.3, -0.25) is 14.7 Å². The molecule has 0 saturated carbocycles. The number of amides is 1. The van der Waals surface area contributed by atoms with Crippen molar-refractivity contribution in [2.24, 2.45) is 4.99 Å². The minimum Gasteiger partial charge on any atom is -0.369 e. The topological polar surface area (TPSA) is 72.0 Å². The second-order valence-corrected chi connectivity index (χ2v) is 8.70. The first-order valence-corrected chi connectivity index (χ1v) is 10.5. The lowest BCUT2D eigenvalue weighted by Gasteiger charge is -2.37. The van der Waals surface area contributed by atoms with Crippen LogP contribution in [-0.4, -0.2) is 75.2 Å². The highest BCUT2D eigenvalue weighted by atomic mass is 16.2. The van der Waals surface area contributed by atoms with E-state index in [1.807, 2.05) is 20.8 Å². The van der Waals surface area contributed by atoms with E-state index in [2.05, 4.69) is 62.8 Å². The number of carbonyl (C=O) groups excluding carboxylic acids is 1. The number of hydrogen-bond donors (Lipinski definition) is 3. The van der Waals surface area contributed by atoms with Crippen LogP contribution in [0.2, 0.25) is 0 Å². The Morgan fingerprint density at radius 2 is 1.79 bits per heavy atom. The fourth-order valence-corrected chi connectivity index (χ4v) is 3.47. The lowest BCUT2D eigenvalue weighted by atomic mass is 10.1. The number of carbonyl (C=O) groups is 1. The molecule has 1 aromatic rings. The molecule has 1 aliphatic rings. The van der Waals surface area contributed by atoms with Gasteiger partial charge in [-0.05, 0) is 51.8 Å². The Hall–Kier alpha value is -2.28. The van der Waals surface area contributed by atoms with Crippen LogP contribution in [-0.2, 0) is 4.79 Å². The van der Waals surface area contributed by atoms with E-state index in [1.165, 1.54) is 16.8 Å². The van der Waals surface area contributed by atoms with Gasteiger partial charge in [0.2, 0.25) is 5.91 Å². The van der Waals surface area contributed by atoms with Gasteiger partial charge < -0.3 is 20.9 Å². The third-order valence-electron chi connectivity index (χ3n) is 5.16. The molecular formula is C22H38N6O. The second kappa shape index (κ2) is 10.5. The van der Waals surface area contributed by atoms with Gasteiger partial charge in [-0.2, -0.15) is 0 Å². The number of guanidine groups is 1. The highest BCUT2D eigenvalue weighted by Crippen LogP contribution is 2.23. The zero-order valence-electron chi connectivity index (χ0n) is 18.9. The first-order chi connectivity index (χ1) is 13.7. The molecule has 1 aliphatic heterocycles. The number of benzene rings is 1. The Balaban J connectivity index is 1.69. The van der Waals surface area contributed by atoms with Crippen LogP contribution in [0.3, 0.4) is 0 Å². The van der Waals surface area contributed by atoms with Crippen molar-refractivity contribution in [1.82, 2.24) is 20.9 Å². The molecule has 1 fully saturated rings. The Morgan fingerprint density at radius 1 is 1.10 bits per heavy atom. The van der Waals surface area contributed by atoms with Gasteiger partial charge in [0.15, 0.2) is 5.96 Å². The molecule has 7 nitrogen and oxygen atoms in total. The number of nitrogens with zero attached hydrogens (tertiary/aromatic N) is 3. The number of rotatable bonds is 6. The molecule has 0 atom stereocenters. The van der Waals surface area contributed by atoms with Crippen LogP contribution in [0.4, 0.5) is 5.69 Å². The van der Waals surface area contributed by atoms with Gasteiger partial charge in [0.1, 0.15) is 0 Å². The van der Waals surface area contributed by atoms with Crippen molar-refractivity contribution in [3.05, 3.63) is 29.3 Å². The van der Waals surface area contributed by atoms with Crippen molar-refractivity contribution in [2.45, 2.75) is 40.2 Å². The van der Waals surface area contributed by atoms with Gasteiger partial charge >= 0.3 is 0 Å². The zero-order valence-corrected chi connectivity index (χ0v) is 18.9. The smallest absolute Gasteiger partial charge is 0.239 e. The van der Waals surface area contributed by atoms with Crippen LogP contribution in [0, 0.1) is 13.8 Å². The highest BCUT2D eigenvalue weighted by molar-refractivity contribution is 5.86. The van der Waals surface area contributed by atoms with E-state index < -0.39 is 0 Å². The standard InChI is InChI=1S/C22H38N6O/c1-17-8-7-9-19(18(17)2)28-14-12-27(13-15-28)11-10-24-21(23-6)25-16-20(29)26-22(3,4)5/h7-9H,10-16H2,1-6H3,(H,26,29)(H2,23,24,25). The summed E-state index contributed by atoms with van der Waals surface area (Å²) in [5, 5.41) is 9.30. The molecule has 1 amide bonds. The van der Waals surface area contributed by atoms with E-state index in [1.54, 1.807) is 7.05 Å². The van der Waals surface area contributed by atoms with Crippen LogP contribution < -0.4 is 20.9 Å². The molecule has 0 radical (unpaired) electrons. The number of piperazine rings is 1. The van der Waals surface area contributed by atoms with Crippen LogP contribution in [0.1, 0.15) is 31.9 Å². The Bertz CT molecular complexity index is 702. The van der Waals surface area contributed by atoms with E-state index in [4.69, 9.17) is 0 Å². The number of hydrogen-bond acceptors (Lipinski definition) is 4. The molecule has 0 bridgehead atoms. The molecule has 1 heterocycles. The number of aryl methyl sites for hydroxylation is 1. The van der Waals surface area contributed by atoms with Crippen LogP contribution in [0.5, 0.6) is 0 Å². The minimum absolute atomic E-state index is 0.0389. The molecule has 2 rings (SSSR count). The van der Waals surface area contributed by atoms with E-state index in [-0.39, 0.29) is 18.0 Å². The third kappa shape index (κ3) is 7.57. The van der Waals surface area contributed by atoms with Crippen molar-refractivity contribution in [3.63, 3.8) is 0 Å². The summed E-state index contributed by atoms with van der Waals surface area (Å²) in [5.74, 6) is 0.617. The molecule has 1 aromatic carbocycles. The molecule has 0 aliphatic carbocycles. The average Bonchev–Trinajstić information content (AvgIpc) is 2.66. The van der Waals surface area contributed by atoms with Crippen molar-refractivity contribution < 1.29 is 4.79 Å². The lowest BCUT2D eigenvalue weighted by molar-refractivity contribution is -0.121. The molecule has 162 valence electrons. The van der Waals surface area contributed by atoms with E-state index in [0.29, 0.717) is 5.96 Å². The first-order valence-electron chi connectivity index (χ1n) is 10.5. The molecule has 1 saturated heterocycles. The minimum atomic E-state index is -0.227. The van der Waals surface area contributed by atoms with Gasteiger partial charge in [0, 0.05) is 57.5 Å². The predicted molar refractivity (Wildman–Crippen MR) is 122 cm³/mol. The van der Waals surface area contributed by atoms with Crippen molar-refractivity contribution in [2.75, 3.05) is 57.8 Å².